The number of nitrogen functional groups attached to an aromatic ring is 1. The molecule has 0 aliphatic rings. The maximum absolute atomic E-state index is 11.8. The Hall–Kier alpha value is -1.67. The fourth-order valence-electron chi connectivity index (χ4n) is 1.34. The van der Waals surface area contributed by atoms with Gasteiger partial charge in [0.2, 0.25) is 0 Å². The minimum Gasteiger partial charge on any atom is -0.352 e. The molecule has 7 nitrogen and oxygen atoms in total. The number of nitrogens with two attached hydrogens (primary N) is 1. The van der Waals surface area contributed by atoms with Crippen LogP contribution in [-0.2, 0) is 9.84 Å². The Morgan fingerprint density at radius 1 is 1.50 bits per heavy atom. The van der Waals surface area contributed by atoms with Gasteiger partial charge in [-0.3, -0.25) is 4.79 Å². The van der Waals surface area contributed by atoms with Gasteiger partial charge in [0.15, 0.2) is 5.82 Å². The molecular formula is C10H16N4O3S. The second kappa shape index (κ2) is 6.31. The van der Waals surface area contributed by atoms with Crippen molar-refractivity contribution in [2.24, 2.45) is 5.84 Å². The Morgan fingerprint density at radius 2 is 2.22 bits per heavy atom. The predicted octanol–water partition coefficient (Wildman–Crippen LogP) is -0.468. The fourth-order valence-corrected chi connectivity index (χ4v) is 2.00. The molecule has 0 aliphatic carbocycles. The summed E-state index contributed by atoms with van der Waals surface area (Å²) in [7, 11) is -3.00. The lowest BCUT2D eigenvalue weighted by molar-refractivity contribution is 0.0954. The van der Waals surface area contributed by atoms with Crippen LogP contribution in [0.15, 0.2) is 18.3 Å². The lowest BCUT2D eigenvalue weighted by Crippen LogP contribution is -2.27. The molecule has 1 heterocycles. The normalized spacial score (nSPS) is 11.0. The average Bonchev–Trinajstić information content (AvgIpc) is 2.33. The lowest BCUT2D eigenvalue weighted by atomic mass is 10.2. The molecule has 0 fully saturated rings. The summed E-state index contributed by atoms with van der Waals surface area (Å²) in [4.78, 5) is 15.6. The predicted molar refractivity (Wildman–Crippen MR) is 68.7 cm³/mol. The van der Waals surface area contributed by atoms with E-state index in [-0.39, 0.29) is 24.0 Å². The van der Waals surface area contributed by atoms with E-state index in [2.05, 4.69) is 15.7 Å². The molecule has 0 saturated heterocycles. The van der Waals surface area contributed by atoms with E-state index in [1.807, 2.05) is 0 Å². The van der Waals surface area contributed by atoms with Gasteiger partial charge >= 0.3 is 0 Å². The molecule has 18 heavy (non-hydrogen) atoms. The van der Waals surface area contributed by atoms with E-state index >= 15 is 0 Å². The smallest absolute Gasteiger partial charge is 0.255 e. The van der Waals surface area contributed by atoms with E-state index in [4.69, 9.17) is 5.84 Å². The molecule has 1 rings (SSSR count). The highest BCUT2D eigenvalue weighted by Gasteiger charge is 2.11. The standard InChI is InChI=1S/C10H16N4O3S/c1-18(16,17)7-3-6-13-10(15)8-4-2-5-12-9(8)14-11/h2,4-5H,3,6-7,11H2,1H3,(H,12,14)(H,13,15). The van der Waals surface area contributed by atoms with E-state index < -0.39 is 9.84 Å². The number of pyridine rings is 1. The number of amides is 1. The number of nitrogens with one attached hydrogen (secondary N) is 2. The van der Waals surface area contributed by atoms with Crippen molar-refractivity contribution in [3.63, 3.8) is 0 Å². The topological polar surface area (TPSA) is 114 Å². The number of carbonyl (C=O) groups is 1. The number of anilines is 1. The third-order valence-corrected chi connectivity index (χ3v) is 3.20. The first-order chi connectivity index (χ1) is 8.44. The summed E-state index contributed by atoms with van der Waals surface area (Å²) in [6.45, 7) is 0.283. The van der Waals surface area contributed by atoms with Gasteiger partial charge in [-0.2, -0.15) is 0 Å². The number of rotatable bonds is 6. The molecular weight excluding hydrogens is 256 g/mol. The molecule has 1 aromatic rings. The van der Waals surface area contributed by atoms with Crippen LogP contribution in [0.3, 0.4) is 0 Å². The van der Waals surface area contributed by atoms with Gasteiger partial charge in [0.25, 0.3) is 5.91 Å². The summed E-state index contributed by atoms with van der Waals surface area (Å²) in [5.74, 6) is 5.21. The van der Waals surface area contributed by atoms with Crippen molar-refractivity contribution < 1.29 is 13.2 Å². The average molecular weight is 272 g/mol. The molecule has 0 aliphatic heterocycles. The monoisotopic (exact) mass is 272 g/mol. The highest BCUT2D eigenvalue weighted by Crippen LogP contribution is 2.09. The minimum atomic E-state index is -3.00. The van der Waals surface area contributed by atoms with Gasteiger partial charge in [-0.25, -0.2) is 19.2 Å². The quantitative estimate of drug-likeness (QED) is 0.366. The summed E-state index contributed by atoms with van der Waals surface area (Å²) >= 11 is 0. The van der Waals surface area contributed by atoms with Crippen LogP contribution in [0.25, 0.3) is 0 Å². The zero-order valence-electron chi connectivity index (χ0n) is 10.0. The molecule has 100 valence electrons. The van der Waals surface area contributed by atoms with Gasteiger partial charge in [0.1, 0.15) is 9.84 Å². The minimum absolute atomic E-state index is 0.0440. The zero-order valence-corrected chi connectivity index (χ0v) is 10.8. The summed E-state index contributed by atoms with van der Waals surface area (Å²) in [6, 6.07) is 3.19. The summed E-state index contributed by atoms with van der Waals surface area (Å²) in [5.41, 5.74) is 2.64. The molecule has 1 aromatic heterocycles. The molecule has 0 bridgehead atoms. The van der Waals surface area contributed by atoms with Gasteiger partial charge in [-0.15, -0.1) is 0 Å². The van der Waals surface area contributed by atoms with Crippen LogP contribution in [0, 0.1) is 0 Å². The summed E-state index contributed by atoms with van der Waals surface area (Å²) in [5, 5.41) is 2.61. The SMILES string of the molecule is CS(=O)(=O)CCCNC(=O)c1cccnc1NN. The Morgan fingerprint density at radius 3 is 2.83 bits per heavy atom. The maximum atomic E-state index is 11.8. The Balaban J connectivity index is 2.51. The van der Waals surface area contributed by atoms with Crippen LogP contribution in [0.4, 0.5) is 5.82 Å². The fraction of sp³-hybridized carbons (Fsp3) is 0.400. The number of carbonyl (C=O) groups excluding carboxylic acids is 1. The van der Waals surface area contributed by atoms with Crippen LogP contribution in [0.2, 0.25) is 0 Å². The number of hydrogen-bond acceptors (Lipinski definition) is 6. The van der Waals surface area contributed by atoms with Crippen LogP contribution >= 0.6 is 0 Å². The Bertz CT molecular complexity index is 516. The largest absolute Gasteiger partial charge is 0.352 e. The number of nitrogens with zero attached hydrogens (tertiary/aromatic N) is 1. The number of hydrazine groups is 1. The summed E-state index contributed by atoms with van der Waals surface area (Å²) in [6.07, 6.45) is 3.04. The second-order valence-electron chi connectivity index (χ2n) is 3.78. The van der Waals surface area contributed by atoms with Crippen LogP contribution in [0.1, 0.15) is 16.8 Å². The van der Waals surface area contributed by atoms with Crippen molar-refractivity contribution >= 4 is 21.6 Å². The van der Waals surface area contributed by atoms with Crippen molar-refractivity contribution in [2.45, 2.75) is 6.42 Å². The molecule has 0 spiro atoms. The van der Waals surface area contributed by atoms with Crippen molar-refractivity contribution in [3.05, 3.63) is 23.9 Å². The number of sulfone groups is 1. The number of aromatic nitrogens is 1. The summed E-state index contributed by atoms with van der Waals surface area (Å²) < 4.78 is 21.8. The van der Waals surface area contributed by atoms with E-state index in [0.717, 1.165) is 6.26 Å². The van der Waals surface area contributed by atoms with Gasteiger partial charge in [0, 0.05) is 19.0 Å². The number of hydrogen-bond donors (Lipinski definition) is 3. The van der Waals surface area contributed by atoms with Gasteiger partial charge < -0.3 is 10.7 Å². The van der Waals surface area contributed by atoms with Gasteiger partial charge in [0.05, 0.1) is 11.3 Å². The molecule has 0 unspecified atom stereocenters. The first-order valence-corrected chi connectivity index (χ1v) is 7.37. The molecule has 0 radical (unpaired) electrons. The third kappa shape index (κ3) is 4.68. The van der Waals surface area contributed by atoms with E-state index in [1.165, 1.54) is 6.20 Å². The van der Waals surface area contributed by atoms with E-state index in [1.54, 1.807) is 12.1 Å². The Kier molecular flexibility index (Phi) is 5.05. The maximum Gasteiger partial charge on any atom is 0.255 e. The van der Waals surface area contributed by atoms with Crippen LogP contribution in [-0.4, -0.2) is 37.9 Å². The second-order valence-corrected chi connectivity index (χ2v) is 6.04. The third-order valence-electron chi connectivity index (χ3n) is 2.17. The van der Waals surface area contributed by atoms with Crippen molar-refractivity contribution in [1.82, 2.24) is 10.3 Å². The van der Waals surface area contributed by atoms with Crippen molar-refractivity contribution in [2.75, 3.05) is 24.0 Å². The van der Waals surface area contributed by atoms with Crippen LogP contribution in [0.5, 0.6) is 0 Å². The molecule has 1 amide bonds. The van der Waals surface area contributed by atoms with E-state index in [9.17, 15) is 13.2 Å². The zero-order chi connectivity index (χ0) is 13.6. The first-order valence-electron chi connectivity index (χ1n) is 5.31. The van der Waals surface area contributed by atoms with Crippen LogP contribution < -0.4 is 16.6 Å². The molecule has 0 aromatic carbocycles. The highest BCUT2D eigenvalue weighted by atomic mass is 32.2. The first kappa shape index (κ1) is 14.4. The lowest BCUT2D eigenvalue weighted by Gasteiger charge is -2.08. The highest BCUT2D eigenvalue weighted by molar-refractivity contribution is 7.90. The molecule has 8 heteroatoms. The molecule has 0 saturated carbocycles. The van der Waals surface area contributed by atoms with Gasteiger partial charge in [-0.1, -0.05) is 0 Å². The van der Waals surface area contributed by atoms with Crippen molar-refractivity contribution in [1.29, 1.82) is 0 Å². The Labute approximate surface area is 106 Å². The van der Waals surface area contributed by atoms with E-state index in [0.29, 0.717) is 12.0 Å². The van der Waals surface area contributed by atoms with Gasteiger partial charge in [-0.05, 0) is 18.6 Å². The van der Waals surface area contributed by atoms with Crippen molar-refractivity contribution in [3.8, 4) is 0 Å². The molecule has 4 N–H and O–H groups in total. The molecule has 0 atom stereocenters.